The van der Waals surface area contributed by atoms with Crippen molar-refractivity contribution in [1.82, 2.24) is 19.3 Å². The van der Waals surface area contributed by atoms with Gasteiger partial charge < -0.3 is 10.0 Å². The summed E-state index contributed by atoms with van der Waals surface area (Å²) < 4.78 is 1.72. The van der Waals surface area contributed by atoms with Crippen LogP contribution in [0, 0.1) is 6.92 Å². The van der Waals surface area contributed by atoms with Crippen LogP contribution < -0.4 is 0 Å². The van der Waals surface area contributed by atoms with Crippen molar-refractivity contribution in [2.24, 2.45) is 0 Å². The largest absolute Gasteiger partial charge is 0.505 e. The summed E-state index contributed by atoms with van der Waals surface area (Å²) in [5.41, 5.74) is 3.17. The molecule has 0 saturated carbocycles. The number of Topliss-reactive ketones (excluding diaryl/α,β-unsaturated/α-hetero) is 1. The van der Waals surface area contributed by atoms with Crippen LogP contribution >= 0.6 is 0 Å². The van der Waals surface area contributed by atoms with Crippen LogP contribution in [0.4, 0.5) is 0 Å². The fourth-order valence-electron chi connectivity index (χ4n) is 4.23. The second kappa shape index (κ2) is 7.77. The van der Waals surface area contributed by atoms with Crippen LogP contribution in [0.3, 0.4) is 0 Å². The number of aliphatic hydroxyl groups excluding tert-OH is 1. The Morgan fingerprint density at radius 2 is 1.81 bits per heavy atom. The first-order valence-electron chi connectivity index (χ1n) is 10.2. The molecule has 1 aromatic carbocycles. The number of carbonyl (C=O) groups excluding carboxylic acids is 2. The molecule has 1 aliphatic rings. The second-order valence-electron chi connectivity index (χ2n) is 7.67. The van der Waals surface area contributed by atoms with E-state index in [9.17, 15) is 14.7 Å². The van der Waals surface area contributed by atoms with Gasteiger partial charge in [-0.15, -0.1) is 0 Å². The number of fused-ring (bicyclic) bond motifs is 1. The number of hydrogen-bond donors (Lipinski definition) is 1. The Labute approximate surface area is 184 Å². The molecule has 1 aliphatic heterocycles. The summed E-state index contributed by atoms with van der Waals surface area (Å²) in [7, 11) is 0. The lowest BCUT2D eigenvalue weighted by molar-refractivity contribution is -0.140. The molecule has 0 radical (unpaired) electrons. The number of aryl methyl sites for hydroxylation is 1. The number of aliphatic hydroxyl groups is 1. The maximum atomic E-state index is 13.2. The highest BCUT2D eigenvalue weighted by atomic mass is 16.3. The monoisotopic (exact) mass is 424 g/mol. The van der Waals surface area contributed by atoms with Crippen LogP contribution in [0.25, 0.3) is 11.4 Å². The first-order valence-corrected chi connectivity index (χ1v) is 10.2. The fraction of sp³-hybridized carbons (Fsp3) is 0.120. The van der Waals surface area contributed by atoms with Gasteiger partial charge in [0.05, 0.1) is 17.3 Å². The smallest absolute Gasteiger partial charge is 0.295 e. The average molecular weight is 424 g/mol. The van der Waals surface area contributed by atoms with Gasteiger partial charge >= 0.3 is 0 Å². The molecule has 0 bridgehead atoms. The van der Waals surface area contributed by atoms with E-state index >= 15 is 0 Å². The van der Waals surface area contributed by atoms with E-state index in [1.165, 1.54) is 4.90 Å². The number of ketones is 1. The summed E-state index contributed by atoms with van der Waals surface area (Å²) in [5, 5.41) is 11.4. The number of imidazole rings is 1. The van der Waals surface area contributed by atoms with Crippen LogP contribution in [0.5, 0.6) is 0 Å². The van der Waals surface area contributed by atoms with Gasteiger partial charge in [-0.3, -0.25) is 19.0 Å². The molecule has 0 spiro atoms. The van der Waals surface area contributed by atoms with Crippen molar-refractivity contribution in [2.75, 3.05) is 0 Å². The summed E-state index contributed by atoms with van der Waals surface area (Å²) >= 11 is 0. The van der Waals surface area contributed by atoms with E-state index in [-0.39, 0.29) is 17.9 Å². The van der Waals surface area contributed by atoms with E-state index in [1.807, 2.05) is 48.5 Å². The van der Waals surface area contributed by atoms with Crippen molar-refractivity contribution in [3.63, 3.8) is 0 Å². The van der Waals surface area contributed by atoms with E-state index in [2.05, 4.69) is 9.97 Å². The van der Waals surface area contributed by atoms with Crippen molar-refractivity contribution in [2.45, 2.75) is 19.5 Å². The first kappa shape index (κ1) is 19.7. The quantitative estimate of drug-likeness (QED) is 0.307. The molecule has 1 fully saturated rings. The van der Waals surface area contributed by atoms with Crippen LogP contribution in [0.15, 0.2) is 84.8 Å². The number of rotatable bonds is 4. The van der Waals surface area contributed by atoms with Crippen LogP contribution in [-0.4, -0.2) is 36.1 Å². The van der Waals surface area contributed by atoms with Gasteiger partial charge in [0.1, 0.15) is 11.3 Å². The zero-order valence-corrected chi connectivity index (χ0v) is 17.3. The number of amides is 1. The number of carbonyl (C=O) groups is 2. The third-order valence-corrected chi connectivity index (χ3v) is 5.66. The molecule has 4 heterocycles. The molecule has 4 aromatic rings. The SMILES string of the molecule is Cc1nc2ccccn2c1C(O)=C1C(=O)C(=O)N(Cc2ccccc2)C1c1cccnc1. The lowest BCUT2D eigenvalue weighted by Gasteiger charge is -2.25. The molecule has 5 rings (SSSR count). The zero-order chi connectivity index (χ0) is 22.2. The molecule has 7 heteroatoms. The molecule has 1 N–H and O–H groups in total. The summed E-state index contributed by atoms with van der Waals surface area (Å²) in [6.45, 7) is 2.00. The highest BCUT2D eigenvalue weighted by Crippen LogP contribution is 2.40. The molecule has 1 saturated heterocycles. The standard InChI is InChI=1S/C25H20N4O3/c1-16-21(28-13-6-5-11-19(28)27-16)23(30)20-22(18-10-7-12-26-14-18)29(25(32)24(20)31)15-17-8-3-2-4-9-17/h2-14,22,30H,15H2,1H3. The predicted octanol–water partition coefficient (Wildman–Crippen LogP) is 3.66. The van der Waals surface area contributed by atoms with Gasteiger partial charge in [-0.1, -0.05) is 42.5 Å². The summed E-state index contributed by atoms with van der Waals surface area (Å²) in [6.07, 6.45) is 5.01. The normalized spacial score (nSPS) is 17.9. The fourth-order valence-corrected chi connectivity index (χ4v) is 4.23. The molecule has 1 unspecified atom stereocenters. The molecule has 158 valence electrons. The van der Waals surface area contributed by atoms with Gasteiger partial charge in [-0.2, -0.15) is 0 Å². The van der Waals surface area contributed by atoms with Gasteiger partial charge in [0.25, 0.3) is 11.7 Å². The molecule has 0 aliphatic carbocycles. The number of pyridine rings is 2. The predicted molar refractivity (Wildman–Crippen MR) is 118 cm³/mol. The van der Waals surface area contributed by atoms with Crippen molar-refractivity contribution in [1.29, 1.82) is 0 Å². The number of hydrogen-bond acceptors (Lipinski definition) is 5. The van der Waals surface area contributed by atoms with E-state index in [1.54, 1.807) is 42.0 Å². The van der Waals surface area contributed by atoms with E-state index < -0.39 is 17.7 Å². The lowest BCUT2D eigenvalue weighted by atomic mass is 9.97. The van der Waals surface area contributed by atoms with Gasteiger partial charge in [-0.05, 0) is 36.2 Å². The molecule has 7 nitrogen and oxygen atoms in total. The molecule has 32 heavy (non-hydrogen) atoms. The first-order chi connectivity index (χ1) is 15.6. The number of benzene rings is 1. The topological polar surface area (TPSA) is 87.8 Å². The van der Waals surface area contributed by atoms with Gasteiger partial charge in [0.15, 0.2) is 5.76 Å². The minimum Gasteiger partial charge on any atom is -0.505 e. The Balaban J connectivity index is 1.71. The Morgan fingerprint density at radius 3 is 2.56 bits per heavy atom. The third kappa shape index (κ3) is 3.15. The maximum absolute atomic E-state index is 13.2. The van der Waals surface area contributed by atoms with Crippen LogP contribution in [0.2, 0.25) is 0 Å². The van der Waals surface area contributed by atoms with E-state index in [0.717, 1.165) is 5.56 Å². The summed E-state index contributed by atoms with van der Waals surface area (Å²) in [4.78, 5) is 36.5. The zero-order valence-electron chi connectivity index (χ0n) is 17.3. The van der Waals surface area contributed by atoms with Gasteiger partial charge in [0.2, 0.25) is 0 Å². The Hall–Kier alpha value is -4.26. The maximum Gasteiger partial charge on any atom is 0.295 e. The lowest BCUT2D eigenvalue weighted by Crippen LogP contribution is -2.29. The molecule has 3 aromatic heterocycles. The van der Waals surface area contributed by atoms with Crippen molar-refractivity contribution >= 4 is 23.1 Å². The van der Waals surface area contributed by atoms with Crippen LogP contribution in [0.1, 0.15) is 28.6 Å². The number of aromatic nitrogens is 3. The highest BCUT2D eigenvalue weighted by molar-refractivity contribution is 6.46. The van der Waals surface area contributed by atoms with Crippen molar-refractivity contribution < 1.29 is 14.7 Å². The van der Waals surface area contributed by atoms with Gasteiger partial charge in [-0.25, -0.2) is 4.98 Å². The van der Waals surface area contributed by atoms with Crippen LogP contribution in [-0.2, 0) is 16.1 Å². The Morgan fingerprint density at radius 1 is 1.03 bits per heavy atom. The van der Waals surface area contributed by atoms with E-state index in [4.69, 9.17) is 0 Å². The molecule has 1 amide bonds. The summed E-state index contributed by atoms with van der Waals surface area (Å²) in [6, 6.07) is 17.7. The minimum absolute atomic E-state index is 0.0349. The Kier molecular flexibility index (Phi) is 4.78. The van der Waals surface area contributed by atoms with Gasteiger partial charge in [0, 0.05) is 25.1 Å². The van der Waals surface area contributed by atoms with E-state index in [0.29, 0.717) is 22.6 Å². The molecule has 1 atom stereocenters. The van der Waals surface area contributed by atoms with Crippen molar-refractivity contribution in [3.05, 3.63) is 107 Å². The summed E-state index contributed by atoms with van der Waals surface area (Å²) in [5.74, 6) is -1.63. The highest BCUT2D eigenvalue weighted by Gasteiger charge is 2.46. The number of likely N-dealkylation sites (tertiary alicyclic amines) is 1. The molecular weight excluding hydrogens is 404 g/mol. The average Bonchev–Trinajstić information content (AvgIpc) is 3.28. The molecular formula is C25H20N4O3. The van der Waals surface area contributed by atoms with Crippen molar-refractivity contribution in [3.8, 4) is 0 Å². The minimum atomic E-state index is -0.766. The second-order valence-corrected chi connectivity index (χ2v) is 7.67. The Bertz CT molecular complexity index is 1360. The number of nitrogens with zero attached hydrogens (tertiary/aromatic N) is 4. The third-order valence-electron chi connectivity index (χ3n) is 5.66.